The Balaban J connectivity index is 1.61. The van der Waals surface area contributed by atoms with Crippen LogP contribution >= 0.6 is 0 Å². The third-order valence-electron chi connectivity index (χ3n) is 5.56. The van der Waals surface area contributed by atoms with Crippen LogP contribution in [-0.4, -0.2) is 47.5 Å². The molecule has 0 aliphatic carbocycles. The van der Waals surface area contributed by atoms with Crippen molar-refractivity contribution in [3.8, 4) is 28.3 Å². The fraction of sp³-hybridized carbons (Fsp3) is 0.167. The normalized spacial score (nSPS) is 11.6. The van der Waals surface area contributed by atoms with Crippen molar-refractivity contribution in [3.63, 3.8) is 0 Å². The summed E-state index contributed by atoms with van der Waals surface area (Å²) in [6.45, 7) is 1.31. The number of nitrogens with one attached hydrogen (secondary N) is 1. The first-order chi connectivity index (χ1) is 17.7. The molecule has 0 aliphatic heterocycles. The number of benzene rings is 1. The van der Waals surface area contributed by atoms with E-state index in [0.29, 0.717) is 34.2 Å². The lowest BCUT2D eigenvalue weighted by atomic mass is 10.0. The molecule has 4 aromatic heterocycles. The summed E-state index contributed by atoms with van der Waals surface area (Å²) in [7, 11) is 3.16. The van der Waals surface area contributed by atoms with E-state index < -0.39 is 12.2 Å². The fourth-order valence-electron chi connectivity index (χ4n) is 3.87. The standard InChI is InChI=1S/C24H19F3N8O2/c1-13-15(11-35(32-13)24(25,26)27)23(36)31-22-18(37-3)9-17-21(30-22)20(29-12-28-17)16-10-34(2)33-19(16)14-7-5-4-6-8-14/h4-12H,1-3H3,(H,30,31,36). The quantitative estimate of drug-likeness (QED) is 0.376. The summed E-state index contributed by atoms with van der Waals surface area (Å²) in [6.07, 6.45) is -0.958. The van der Waals surface area contributed by atoms with Crippen LogP contribution in [0.25, 0.3) is 33.5 Å². The topological polar surface area (TPSA) is 113 Å². The molecule has 5 aromatic rings. The molecule has 0 aliphatic rings. The molecule has 37 heavy (non-hydrogen) atoms. The van der Waals surface area contributed by atoms with E-state index >= 15 is 0 Å². The van der Waals surface area contributed by atoms with Crippen LogP contribution in [0.15, 0.2) is 55.1 Å². The molecule has 13 heteroatoms. The molecule has 0 radical (unpaired) electrons. The van der Waals surface area contributed by atoms with E-state index in [1.807, 2.05) is 30.3 Å². The van der Waals surface area contributed by atoms with Crippen molar-refractivity contribution in [1.29, 1.82) is 0 Å². The van der Waals surface area contributed by atoms with Gasteiger partial charge in [-0.1, -0.05) is 30.3 Å². The van der Waals surface area contributed by atoms with Crippen LogP contribution in [0.4, 0.5) is 19.0 Å². The maximum Gasteiger partial charge on any atom is 0.504 e. The predicted molar refractivity (Wildman–Crippen MR) is 128 cm³/mol. The lowest BCUT2D eigenvalue weighted by Crippen LogP contribution is -2.17. The van der Waals surface area contributed by atoms with Gasteiger partial charge in [0, 0.05) is 36.6 Å². The summed E-state index contributed by atoms with van der Waals surface area (Å²) in [5.41, 5.74) is 3.08. The third-order valence-corrected chi connectivity index (χ3v) is 5.56. The van der Waals surface area contributed by atoms with Crippen molar-refractivity contribution in [1.82, 2.24) is 34.5 Å². The highest BCUT2D eigenvalue weighted by atomic mass is 19.4. The first-order valence-corrected chi connectivity index (χ1v) is 10.9. The van der Waals surface area contributed by atoms with Gasteiger partial charge in [0.2, 0.25) is 0 Å². The Labute approximate surface area is 207 Å². The number of aromatic nitrogens is 7. The van der Waals surface area contributed by atoms with Gasteiger partial charge in [0.05, 0.1) is 23.9 Å². The smallest absolute Gasteiger partial charge is 0.493 e. The van der Waals surface area contributed by atoms with Crippen LogP contribution in [0.2, 0.25) is 0 Å². The van der Waals surface area contributed by atoms with Crippen molar-refractivity contribution < 1.29 is 22.7 Å². The number of halogens is 3. The van der Waals surface area contributed by atoms with E-state index in [-0.39, 0.29) is 27.5 Å². The number of fused-ring (bicyclic) bond motifs is 1. The Morgan fingerprint density at radius 2 is 1.81 bits per heavy atom. The number of rotatable bonds is 5. The van der Waals surface area contributed by atoms with Gasteiger partial charge in [0.25, 0.3) is 5.91 Å². The Bertz CT molecular complexity index is 1630. The van der Waals surface area contributed by atoms with Crippen molar-refractivity contribution in [2.45, 2.75) is 13.2 Å². The van der Waals surface area contributed by atoms with Gasteiger partial charge in [-0.25, -0.2) is 15.0 Å². The minimum atomic E-state index is -4.76. The summed E-state index contributed by atoms with van der Waals surface area (Å²) in [5.74, 6) is -0.677. The Morgan fingerprint density at radius 1 is 1.05 bits per heavy atom. The van der Waals surface area contributed by atoms with E-state index in [9.17, 15) is 18.0 Å². The van der Waals surface area contributed by atoms with Crippen LogP contribution in [-0.2, 0) is 13.3 Å². The van der Waals surface area contributed by atoms with Gasteiger partial charge in [-0.15, -0.1) is 13.2 Å². The van der Waals surface area contributed by atoms with Gasteiger partial charge >= 0.3 is 6.30 Å². The van der Waals surface area contributed by atoms with Crippen LogP contribution in [0.5, 0.6) is 5.75 Å². The molecule has 1 aromatic carbocycles. The first-order valence-electron chi connectivity index (χ1n) is 10.9. The van der Waals surface area contributed by atoms with Gasteiger partial charge < -0.3 is 10.1 Å². The molecule has 0 bridgehead atoms. The third kappa shape index (κ3) is 4.46. The van der Waals surface area contributed by atoms with E-state index in [4.69, 9.17) is 4.74 Å². The Kier molecular flexibility index (Phi) is 5.82. The number of aryl methyl sites for hydroxylation is 2. The minimum Gasteiger partial charge on any atom is -0.493 e. The number of hydrogen-bond acceptors (Lipinski definition) is 7. The van der Waals surface area contributed by atoms with E-state index in [1.54, 1.807) is 24.0 Å². The number of methoxy groups -OCH3 is 1. The number of pyridine rings is 1. The number of alkyl halides is 3. The largest absolute Gasteiger partial charge is 0.504 e. The lowest BCUT2D eigenvalue weighted by Gasteiger charge is -2.12. The van der Waals surface area contributed by atoms with Crippen molar-refractivity contribution in [2.75, 3.05) is 12.4 Å². The summed E-state index contributed by atoms with van der Waals surface area (Å²) < 4.78 is 45.9. The average molecular weight is 508 g/mol. The van der Waals surface area contributed by atoms with Gasteiger partial charge in [-0.3, -0.25) is 9.48 Å². The number of amides is 1. The molecule has 0 unspecified atom stereocenters. The zero-order valence-corrected chi connectivity index (χ0v) is 19.8. The second kappa shape index (κ2) is 9.00. The Morgan fingerprint density at radius 3 is 2.49 bits per heavy atom. The monoisotopic (exact) mass is 508 g/mol. The van der Waals surface area contributed by atoms with E-state index in [1.165, 1.54) is 20.4 Å². The predicted octanol–water partition coefficient (Wildman–Crippen LogP) is 4.33. The van der Waals surface area contributed by atoms with E-state index in [2.05, 4.69) is 30.5 Å². The molecule has 5 rings (SSSR count). The number of hydrogen-bond donors (Lipinski definition) is 1. The average Bonchev–Trinajstić information content (AvgIpc) is 3.46. The van der Waals surface area contributed by atoms with Crippen LogP contribution in [0.1, 0.15) is 16.1 Å². The highest BCUT2D eigenvalue weighted by Crippen LogP contribution is 2.35. The second-order valence-electron chi connectivity index (χ2n) is 8.06. The molecular formula is C24H19F3N8O2. The van der Waals surface area contributed by atoms with Gasteiger partial charge in [0.15, 0.2) is 11.6 Å². The molecule has 10 nitrogen and oxygen atoms in total. The molecule has 0 atom stereocenters. The maximum absolute atomic E-state index is 13.0. The maximum atomic E-state index is 13.0. The molecule has 1 amide bonds. The lowest BCUT2D eigenvalue weighted by molar-refractivity contribution is -0.212. The molecular weight excluding hydrogens is 489 g/mol. The number of ether oxygens (including phenoxy) is 1. The van der Waals surface area contributed by atoms with Crippen LogP contribution in [0.3, 0.4) is 0 Å². The molecule has 0 spiro atoms. The zero-order chi connectivity index (χ0) is 26.3. The van der Waals surface area contributed by atoms with Gasteiger partial charge in [0.1, 0.15) is 23.2 Å². The zero-order valence-electron chi connectivity index (χ0n) is 19.8. The summed E-state index contributed by atoms with van der Waals surface area (Å²) >= 11 is 0. The number of nitrogens with zero attached hydrogens (tertiary/aromatic N) is 7. The second-order valence-corrected chi connectivity index (χ2v) is 8.06. The highest BCUT2D eigenvalue weighted by molar-refractivity contribution is 6.06. The van der Waals surface area contributed by atoms with Crippen molar-refractivity contribution in [2.24, 2.45) is 7.05 Å². The summed E-state index contributed by atoms with van der Waals surface area (Å²) in [4.78, 5) is 26.2. The van der Waals surface area contributed by atoms with Crippen LogP contribution < -0.4 is 10.1 Å². The summed E-state index contributed by atoms with van der Waals surface area (Å²) in [5, 5.41) is 10.5. The van der Waals surface area contributed by atoms with Crippen molar-refractivity contribution >= 4 is 22.8 Å². The summed E-state index contributed by atoms with van der Waals surface area (Å²) in [6, 6.07) is 11.1. The Hall–Kier alpha value is -4.81. The first kappa shape index (κ1) is 23.9. The highest BCUT2D eigenvalue weighted by Gasteiger charge is 2.33. The van der Waals surface area contributed by atoms with Gasteiger partial charge in [-0.05, 0) is 6.92 Å². The molecule has 0 saturated heterocycles. The van der Waals surface area contributed by atoms with E-state index in [0.717, 1.165) is 5.56 Å². The fourth-order valence-corrected chi connectivity index (χ4v) is 3.87. The van der Waals surface area contributed by atoms with Gasteiger partial charge in [-0.2, -0.15) is 14.9 Å². The molecule has 1 N–H and O–H groups in total. The minimum absolute atomic E-state index is 0.0136. The molecule has 188 valence electrons. The number of carbonyl (C=O) groups is 1. The SMILES string of the molecule is COc1cc2ncnc(-c3cn(C)nc3-c3ccccc3)c2nc1NC(=O)c1cn(C(F)(F)F)nc1C. The number of anilines is 1. The number of carbonyl (C=O) groups excluding carboxylic acids is 1. The molecule has 0 fully saturated rings. The molecule has 4 heterocycles. The van der Waals surface area contributed by atoms with Crippen LogP contribution in [0, 0.1) is 6.92 Å². The van der Waals surface area contributed by atoms with Crippen molar-refractivity contribution in [3.05, 3.63) is 66.4 Å². The molecule has 0 saturated carbocycles.